The van der Waals surface area contributed by atoms with Crippen LogP contribution in [0, 0.1) is 0 Å². The molecule has 0 amide bonds. The van der Waals surface area contributed by atoms with E-state index in [1.54, 1.807) is 18.2 Å². The highest BCUT2D eigenvalue weighted by Gasteiger charge is 2.13. The average molecular weight is 313 g/mol. The Labute approximate surface area is 128 Å². The van der Waals surface area contributed by atoms with Crippen LogP contribution in [0.15, 0.2) is 29.2 Å². The number of rotatable bonds is 9. The molecule has 3 N–H and O–H groups in total. The highest BCUT2D eigenvalue weighted by molar-refractivity contribution is 7.89. The zero-order valence-corrected chi connectivity index (χ0v) is 14.0. The maximum atomic E-state index is 12.1. The second-order valence-electron chi connectivity index (χ2n) is 5.53. The van der Waals surface area contributed by atoms with Crippen LogP contribution >= 0.6 is 0 Å². The number of nitrogens with zero attached hydrogens (tertiary/aromatic N) is 1. The number of nitrogens with one attached hydrogen (secondary N) is 1. The molecule has 0 radical (unpaired) electrons. The van der Waals surface area contributed by atoms with Gasteiger partial charge >= 0.3 is 0 Å². The predicted octanol–water partition coefficient (Wildman–Crippen LogP) is 1.54. The number of nitrogens with two attached hydrogens (primary N) is 1. The molecule has 0 saturated carbocycles. The lowest BCUT2D eigenvalue weighted by atomic mass is 10.2. The minimum Gasteiger partial charge on any atom is -0.326 e. The van der Waals surface area contributed by atoms with Gasteiger partial charge in [-0.3, -0.25) is 0 Å². The third-order valence-electron chi connectivity index (χ3n) is 3.56. The molecular formula is C15H27N3O2S. The van der Waals surface area contributed by atoms with E-state index in [0.29, 0.717) is 19.1 Å². The standard InChI is InChI=1S/C15H27N3O2S/c1-13(2)18(3)10-5-4-9-17-21(19,20)15-8-6-7-14(11-15)12-16/h6-8,11,13,17H,4-5,9-10,12,16H2,1-3H3. The molecule has 0 heterocycles. The Morgan fingerprint density at radius 1 is 1.29 bits per heavy atom. The Morgan fingerprint density at radius 2 is 2.00 bits per heavy atom. The maximum absolute atomic E-state index is 12.1. The Hall–Kier alpha value is -0.950. The van der Waals surface area contributed by atoms with Crippen LogP contribution in [0.4, 0.5) is 0 Å². The Kier molecular flexibility index (Phi) is 7.31. The zero-order valence-electron chi connectivity index (χ0n) is 13.2. The third kappa shape index (κ3) is 6.13. The molecule has 0 aromatic heterocycles. The number of sulfonamides is 1. The fourth-order valence-corrected chi connectivity index (χ4v) is 3.02. The molecule has 6 heteroatoms. The number of unbranched alkanes of at least 4 members (excludes halogenated alkanes) is 1. The van der Waals surface area contributed by atoms with Crippen LogP contribution in [0.25, 0.3) is 0 Å². The van der Waals surface area contributed by atoms with Gasteiger partial charge in [0.1, 0.15) is 0 Å². The van der Waals surface area contributed by atoms with Gasteiger partial charge in [0.25, 0.3) is 0 Å². The van der Waals surface area contributed by atoms with E-state index < -0.39 is 10.0 Å². The third-order valence-corrected chi connectivity index (χ3v) is 5.01. The van der Waals surface area contributed by atoms with E-state index in [2.05, 4.69) is 30.5 Å². The first kappa shape index (κ1) is 18.1. The van der Waals surface area contributed by atoms with Crippen molar-refractivity contribution in [2.45, 2.75) is 44.2 Å². The molecule has 0 fully saturated rings. The van der Waals surface area contributed by atoms with Crippen LogP contribution < -0.4 is 10.5 Å². The van der Waals surface area contributed by atoms with Gasteiger partial charge in [0, 0.05) is 19.1 Å². The monoisotopic (exact) mass is 313 g/mol. The lowest BCUT2D eigenvalue weighted by Crippen LogP contribution is -2.29. The van der Waals surface area contributed by atoms with Gasteiger partial charge in [-0.25, -0.2) is 13.1 Å². The van der Waals surface area contributed by atoms with E-state index in [0.717, 1.165) is 24.9 Å². The Bertz CT molecular complexity index is 529. The molecule has 21 heavy (non-hydrogen) atoms. The van der Waals surface area contributed by atoms with Crippen LogP contribution in [0.1, 0.15) is 32.3 Å². The summed E-state index contributed by atoms with van der Waals surface area (Å²) < 4.78 is 26.9. The normalized spacial score (nSPS) is 12.3. The van der Waals surface area contributed by atoms with Crippen LogP contribution in [-0.4, -0.2) is 39.5 Å². The second kappa shape index (κ2) is 8.48. The summed E-state index contributed by atoms with van der Waals surface area (Å²) in [7, 11) is -1.35. The quantitative estimate of drug-likeness (QED) is 0.678. The molecule has 0 aliphatic rings. The Balaban J connectivity index is 2.43. The van der Waals surface area contributed by atoms with Crippen molar-refractivity contribution in [1.29, 1.82) is 0 Å². The van der Waals surface area contributed by atoms with Gasteiger partial charge in [0.15, 0.2) is 0 Å². The minimum absolute atomic E-state index is 0.282. The second-order valence-corrected chi connectivity index (χ2v) is 7.30. The van der Waals surface area contributed by atoms with Crippen molar-refractivity contribution in [1.82, 2.24) is 9.62 Å². The fraction of sp³-hybridized carbons (Fsp3) is 0.600. The highest BCUT2D eigenvalue weighted by Crippen LogP contribution is 2.11. The summed E-state index contributed by atoms with van der Waals surface area (Å²) in [6.07, 6.45) is 1.80. The summed E-state index contributed by atoms with van der Waals surface area (Å²) in [6.45, 7) is 6.06. The van der Waals surface area contributed by atoms with Crippen molar-refractivity contribution in [3.05, 3.63) is 29.8 Å². The van der Waals surface area contributed by atoms with Gasteiger partial charge in [-0.15, -0.1) is 0 Å². The number of hydrogen-bond donors (Lipinski definition) is 2. The van der Waals surface area contributed by atoms with Crippen LogP contribution in [-0.2, 0) is 16.6 Å². The molecule has 0 bridgehead atoms. The highest BCUT2D eigenvalue weighted by atomic mass is 32.2. The smallest absolute Gasteiger partial charge is 0.240 e. The van der Waals surface area contributed by atoms with Crippen LogP contribution in [0.5, 0.6) is 0 Å². The first-order valence-electron chi connectivity index (χ1n) is 7.35. The summed E-state index contributed by atoms with van der Waals surface area (Å²) in [5.41, 5.74) is 6.35. The topological polar surface area (TPSA) is 75.4 Å². The zero-order chi connectivity index (χ0) is 15.9. The molecule has 1 aromatic rings. The molecule has 120 valence electrons. The van der Waals surface area contributed by atoms with Crippen LogP contribution in [0.3, 0.4) is 0 Å². The molecule has 0 atom stereocenters. The summed E-state index contributed by atoms with van der Waals surface area (Å²) in [4.78, 5) is 2.53. The SMILES string of the molecule is CC(C)N(C)CCCCNS(=O)(=O)c1cccc(CN)c1. The molecule has 0 unspecified atom stereocenters. The van der Waals surface area contributed by atoms with Gasteiger partial charge in [-0.1, -0.05) is 12.1 Å². The summed E-state index contributed by atoms with van der Waals surface area (Å²) in [5.74, 6) is 0. The van der Waals surface area contributed by atoms with E-state index in [1.165, 1.54) is 0 Å². The molecule has 0 spiro atoms. The van der Waals surface area contributed by atoms with Gasteiger partial charge in [-0.2, -0.15) is 0 Å². The lowest BCUT2D eigenvalue weighted by molar-refractivity contribution is 0.268. The Morgan fingerprint density at radius 3 is 2.62 bits per heavy atom. The fourth-order valence-electron chi connectivity index (χ4n) is 1.87. The van der Waals surface area contributed by atoms with Crippen molar-refractivity contribution in [3.8, 4) is 0 Å². The van der Waals surface area contributed by atoms with E-state index in [4.69, 9.17) is 5.73 Å². The van der Waals surface area contributed by atoms with E-state index in [-0.39, 0.29) is 4.90 Å². The molecule has 1 aromatic carbocycles. The summed E-state index contributed by atoms with van der Waals surface area (Å²) >= 11 is 0. The molecule has 5 nitrogen and oxygen atoms in total. The first-order chi connectivity index (χ1) is 9.86. The van der Waals surface area contributed by atoms with Crippen molar-refractivity contribution in [2.75, 3.05) is 20.1 Å². The van der Waals surface area contributed by atoms with Crippen molar-refractivity contribution in [3.63, 3.8) is 0 Å². The van der Waals surface area contributed by atoms with Crippen molar-refractivity contribution in [2.24, 2.45) is 5.73 Å². The van der Waals surface area contributed by atoms with Crippen molar-refractivity contribution < 1.29 is 8.42 Å². The summed E-state index contributed by atoms with van der Waals surface area (Å²) in [6, 6.07) is 7.26. The maximum Gasteiger partial charge on any atom is 0.240 e. The molecule has 0 saturated heterocycles. The van der Waals surface area contributed by atoms with E-state index in [1.807, 2.05) is 6.07 Å². The van der Waals surface area contributed by atoms with Crippen LogP contribution in [0.2, 0.25) is 0 Å². The minimum atomic E-state index is -3.43. The van der Waals surface area contributed by atoms with Gasteiger partial charge in [-0.05, 0) is 58.0 Å². The van der Waals surface area contributed by atoms with Crippen molar-refractivity contribution >= 4 is 10.0 Å². The average Bonchev–Trinajstić information content (AvgIpc) is 2.46. The molecule has 0 aliphatic heterocycles. The van der Waals surface area contributed by atoms with Gasteiger partial charge < -0.3 is 10.6 Å². The first-order valence-corrected chi connectivity index (χ1v) is 8.84. The number of hydrogen-bond acceptors (Lipinski definition) is 4. The van der Waals surface area contributed by atoms with Gasteiger partial charge in [0.2, 0.25) is 10.0 Å². The lowest BCUT2D eigenvalue weighted by Gasteiger charge is -2.20. The summed E-state index contributed by atoms with van der Waals surface area (Å²) in [5, 5.41) is 0. The molecule has 1 rings (SSSR count). The molecule has 0 aliphatic carbocycles. The largest absolute Gasteiger partial charge is 0.326 e. The predicted molar refractivity (Wildman–Crippen MR) is 86.5 cm³/mol. The van der Waals surface area contributed by atoms with Gasteiger partial charge in [0.05, 0.1) is 4.90 Å². The molecular weight excluding hydrogens is 286 g/mol. The number of benzene rings is 1. The van der Waals surface area contributed by atoms with E-state index >= 15 is 0 Å². The van der Waals surface area contributed by atoms with E-state index in [9.17, 15) is 8.42 Å².